The molecule has 3 heterocycles. The van der Waals surface area contributed by atoms with E-state index in [0.717, 1.165) is 36.8 Å². The van der Waals surface area contributed by atoms with Crippen LogP contribution in [0.25, 0.3) is 16.9 Å². The van der Waals surface area contributed by atoms with Crippen LogP contribution in [0.5, 0.6) is 0 Å². The summed E-state index contributed by atoms with van der Waals surface area (Å²) in [5.74, 6) is 0.139. The molecule has 1 saturated carbocycles. The van der Waals surface area contributed by atoms with Crippen LogP contribution in [0.2, 0.25) is 0 Å². The number of benzene rings is 2. The van der Waals surface area contributed by atoms with Crippen LogP contribution in [0.4, 0.5) is 0 Å². The van der Waals surface area contributed by atoms with E-state index in [9.17, 15) is 15.2 Å². The Morgan fingerprint density at radius 3 is 2.75 bits per heavy atom. The van der Waals surface area contributed by atoms with Crippen molar-refractivity contribution in [1.82, 2.24) is 19.3 Å². The number of amides is 1. The lowest BCUT2D eigenvalue weighted by molar-refractivity contribution is -0.110. The molecule has 1 aliphatic heterocycles. The van der Waals surface area contributed by atoms with Crippen LogP contribution in [0.3, 0.4) is 0 Å². The van der Waals surface area contributed by atoms with Crippen molar-refractivity contribution in [3.05, 3.63) is 90.0 Å². The average molecular weight is 478 g/mol. The van der Waals surface area contributed by atoms with Gasteiger partial charge in [-0.3, -0.25) is 9.20 Å². The number of hydrogen-bond donors (Lipinski definition) is 1. The van der Waals surface area contributed by atoms with Gasteiger partial charge in [-0.05, 0) is 43.0 Å². The molecule has 7 heteroatoms. The molecule has 36 heavy (non-hydrogen) atoms. The Hall–Kier alpha value is -4.02. The number of nitriles is 1. The largest absolute Gasteiger partial charge is 0.385 e. The molecule has 0 spiro atoms. The summed E-state index contributed by atoms with van der Waals surface area (Å²) in [4.78, 5) is 25.3. The van der Waals surface area contributed by atoms with Crippen molar-refractivity contribution < 1.29 is 9.90 Å². The van der Waals surface area contributed by atoms with Crippen molar-refractivity contribution in [3.63, 3.8) is 0 Å². The molecule has 3 unspecified atom stereocenters. The minimum atomic E-state index is -0.942. The van der Waals surface area contributed by atoms with Gasteiger partial charge in [-0.2, -0.15) is 5.26 Å². The van der Waals surface area contributed by atoms with Crippen molar-refractivity contribution in [2.45, 2.75) is 43.7 Å². The monoisotopic (exact) mass is 477 g/mol. The maximum absolute atomic E-state index is 14.1. The van der Waals surface area contributed by atoms with Crippen molar-refractivity contribution in [3.8, 4) is 17.3 Å². The van der Waals surface area contributed by atoms with E-state index in [4.69, 9.17) is 4.98 Å². The Morgan fingerprint density at radius 1 is 1.08 bits per heavy atom. The van der Waals surface area contributed by atoms with Gasteiger partial charge < -0.3 is 10.0 Å². The van der Waals surface area contributed by atoms with Crippen LogP contribution in [-0.2, 0) is 5.60 Å². The number of carbonyl (C=O) groups is 1. The molecule has 3 atom stereocenters. The highest BCUT2D eigenvalue weighted by Gasteiger charge is 2.50. The number of fused-ring (bicyclic) bond motifs is 2. The summed E-state index contributed by atoms with van der Waals surface area (Å²) < 4.78 is 1.74. The van der Waals surface area contributed by atoms with Gasteiger partial charge >= 0.3 is 0 Å². The third kappa shape index (κ3) is 3.57. The molecular weight excluding hydrogens is 450 g/mol. The summed E-state index contributed by atoms with van der Waals surface area (Å²) >= 11 is 0. The topological polar surface area (TPSA) is 94.5 Å². The number of likely N-dealkylation sites (tertiary alicyclic amines) is 1. The Bertz CT molecular complexity index is 1470. The second-order valence-corrected chi connectivity index (χ2v) is 9.79. The first-order valence-corrected chi connectivity index (χ1v) is 12.5. The second-order valence-electron chi connectivity index (χ2n) is 9.79. The van der Waals surface area contributed by atoms with Gasteiger partial charge in [0.1, 0.15) is 5.69 Å². The lowest BCUT2D eigenvalue weighted by Gasteiger charge is -2.52. The first-order chi connectivity index (χ1) is 17.6. The van der Waals surface area contributed by atoms with Crippen LogP contribution >= 0.6 is 0 Å². The third-order valence-corrected chi connectivity index (χ3v) is 7.87. The molecule has 6 rings (SSSR count). The molecule has 0 bridgehead atoms. The van der Waals surface area contributed by atoms with Gasteiger partial charge in [-0.1, -0.05) is 55.3 Å². The molecule has 4 aromatic rings. The van der Waals surface area contributed by atoms with Crippen molar-refractivity contribution >= 4 is 11.6 Å². The molecule has 1 N–H and O–H groups in total. The maximum Gasteiger partial charge on any atom is 0.290 e. The SMILES string of the molecule is N#Cc1cccc(-c2nc(C(=O)N3CCC(O)(c4ccccc4)C4CCCCC43)n3cccnc23)c1. The number of piperidine rings is 1. The zero-order valence-corrected chi connectivity index (χ0v) is 19.9. The Balaban J connectivity index is 1.40. The number of nitrogens with zero attached hydrogens (tertiary/aromatic N) is 5. The maximum atomic E-state index is 14.1. The number of aliphatic hydroxyl groups is 1. The predicted molar refractivity (Wildman–Crippen MR) is 135 cm³/mol. The molecule has 1 saturated heterocycles. The molecule has 2 aromatic carbocycles. The van der Waals surface area contributed by atoms with E-state index < -0.39 is 5.60 Å². The Kier molecular flexibility index (Phi) is 5.54. The highest BCUT2D eigenvalue weighted by molar-refractivity contribution is 5.94. The molecule has 1 amide bonds. The average Bonchev–Trinajstić information content (AvgIpc) is 3.33. The molecule has 180 valence electrons. The summed E-state index contributed by atoms with van der Waals surface area (Å²) in [5.41, 5.74) is 2.42. The first kappa shape index (κ1) is 22.4. The number of carbonyl (C=O) groups excluding carboxylic acids is 1. The number of imidazole rings is 1. The first-order valence-electron chi connectivity index (χ1n) is 12.5. The highest BCUT2D eigenvalue weighted by Crippen LogP contribution is 2.47. The van der Waals surface area contributed by atoms with Gasteiger partial charge in [0.25, 0.3) is 5.91 Å². The van der Waals surface area contributed by atoms with Crippen LogP contribution in [0.15, 0.2) is 73.1 Å². The van der Waals surface area contributed by atoms with E-state index in [1.54, 1.807) is 28.8 Å². The molecule has 2 fully saturated rings. The van der Waals surface area contributed by atoms with Gasteiger partial charge in [0.05, 0.1) is 17.2 Å². The fraction of sp³-hybridized carbons (Fsp3) is 0.310. The van der Waals surface area contributed by atoms with Gasteiger partial charge in [-0.15, -0.1) is 0 Å². The van der Waals surface area contributed by atoms with Crippen LogP contribution in [-0.4, -0.2) is 42.9 Å². The normalized spacial score (nSPS) is 23.7. The Labute approximate surface area is 209 Å². The van der Waals surface area contributed by atoms with Gasteiger partial charge in [0.15, 0.2) is 5.65 Å². The minimum absolute atomic E-state index is 0.0255. The van der Waals surface area contributed by atoms with Crippen molar-refractivity contribution in [2.24, 2.45) is 5.92 Å². The molecule has 2 aliphatic rings. The summed E-state index contributed by atoms with van der Waals surface area (Å²) in [7, 11) is 0. The molecule has 2 aromatic heterocycles. The zero-order valence-electron chi connectivity index (χ0n) is 19.9. The lowest BCUT2D eigenvalue weighted by Crippen LogP contribution is -2.59. The zero-order chi connectivity index (χ0) is 24.7. The highest BCUT2D eigenvalue weighted by atomic mass is 16.3. The van der Waals surface area contributed by atoms with E-state index in [2.05, 4.69) is 11.1 Å². The number of rotatable bonds is 3. The molecule has 1 aliphatic carbocycles. The third-order valence-electron chi connectivity index (χ3n) is 7.87. The van der Waals surface area contributed by atoms with Crippen molar-refractivity contribution in [1.29, 1.82) is 5.26 Å². The van der Waals surface area contributed by atoms with Crippen LogP contribution in [0, 0.1) is 17.2 Å². The summed E-state index contributed by atoms with van der Waals surface area (Å²) in [5, 5.41) is 21.2. The summed E-state index contributed by atoms with van der Waals surface area (Å²) in [6.45, 7) is 0.458. The van der Waals surface area contributed by atoms with E-state index in [1.165, 1.54) is 0 Å². The van der Waals surface area contributed by atoms with E-state index >= 15 is 0 Å². The van der Waals surface area contributed by atoms with Gasteiger partial charge in [0, 0.05) is 36.5 Å². The fourth-order valence-corrected chi connectivity index (χ4v) is 6.16. The van der Waals surface area contributed by atoms with E-state index in [1.807, 2.05) is 53.6 Å². The minimum Gasteiger partial charge on any atom is -0.385 e. The van der Waals surface area contributed by atoms with Gasteiger partial charge in [-0.25, -0.2) is 9.97 Å². The smallest absolute Gasteiger partial charge is 0.290 e. The standard InChI is InChI=1S/C29H27N5O2/c30-19-20-8-6-9-21(18-20)25-26-31-15-7-16-34(26)27(32-25)28(35)33-17-14-29(36,22-10-2-1-3-11-22)23-12-4-5-13-24(23)33/h1-3,6-11,15-16,18,23-24,36H,4-5,12-14,17H2. The second kappa shape index (κ2) is 8.89. The van der Waals surface area contributed by atoms with E-state index in [-0.39, 0.29) is 17.9 Å². The van der Waals surface area contributed by atoms with Crippen LogP contribution in [0.1, 0.15) is 53.8 Å². The molecule has 0 radical (unpaired) electrons. The number of aromatic nitrogens is 3. The van der Waals surface area contributed by atoms with E-state index in [0.29, 0.717) is 35.7 Å². The lowest BCUT2D eigenvalue weighted by atomic mass is 9.66. The van der Waals surface area contributed by atoms with Crippen LogP contribution < -0.4 is 0 Å². The van der Waals surface area contributed by atoms with Gasteiger partial charge in [0.2, 0.25) is 5.82 Å². The fourth-order valence-electron chi connectivity index (χ4n) is 6.16. The quantitative estimate of drug-likeness (QED) is 0.467. The molecular formula is C29H27N5O2. The Morgan fingerprint density at radius 2 is 1.92 bits per heavy atom. The van der Waals surface area contributed by atoms with Crippen molar-refractivity contribution in [2.75, 3.05) is 6.54 Å². The number of hydrogen-bond acceptors (Lipinski definition) is 5. The summed E-state index contributed by atoms with van der Waals surface area (Å²) in [6, 6.07) is 21.0. The predicted octanol–water partition coefficient (Wildman–Crippen LogP) is 4.56. The summed E-state index contributed by atoms with van der Waals surface area (Å²) in [6.07, 6.45) is 7.81. The molecule has 7 nitrogen and oxygen atoms in total.